The number of carboxylic acid groups (broad SMARTS) is 1. The number of aliphatic carboxylic acids is 1. The fraction of sp³-hybridized carbons (Fsp3) is 0.769. The maximum absolute atomic E-state index is 11.5. The third kappa shape index (κ3) is 5.28. The first-order valence-corrected chi connectivity index (χ1v) is 6.75. The lowest BCUT2D eigenvalue weighted by molar-refractivity contribution is -0.142. The van der Waals surface area contributed by atoms with Crippen LogP contribution in [0.5, 0.6) is 0 Å². The van der Waals surface area contributed by atoms with E-state index in [9.17, 15) is 14.4 Å². The molecule has 0 radical (unpaired) electrons. The van der Waals surface area contributed by atoms with Crippen LogP contribution in [0.2, 0.25) is 0 Å². The quantitative estimate of drug-likeness (QED) is 0.599. The Labute approximate surface area is 112 Å². The Kier molecular flexibility index (Phi) is 5.79. The topological polar surface area (TPSA) is 95.5 Å². The van der Waals surface area contributed by atoms with Gasteiger partial charge in [0.1, 0.15) is 6.04 Å². The van der Waals surface area contributed by atoms with E-state index >= 15 is 0 Å². The molecule has 0 aromatic carbocycles. The van der Waals surface area contributed by atoms with Gasteiger partial charge >= 0.3 is 5.97 Å². The van der Waals surface area contributed by atoms with Gasteiger partial charge in [-0.2, -0.15) is 0 Å². The molecule has 19 heavy (non-hydrogen) atoms. The molecule has 3 N–H and O–H groups in total. The van der Waals surface area contributed by atoms with Crippen LogP contribution in [0, 0.1) is 11.8 Å². The Bertz CT molecular complexity index is 357. The van der Waals surface area contributed by atoms with Crippen molar-refractivity contribution in [3.05, 3.63) is 0 Å². The van der Waals surface area contributed by atoms with Crippen molar-refractivity contribution in [3.8, 4) is 0 Å². The number of carboxylic acids is 1. The molecule has 6 heteroatoms. The fourth-order valence-corrected chi connectivity index (χ4v) is 1.93. The molecule has 3 unspecified atom stereocenters. The van der Waals surface area contributed by atoms with Crippen LogP contribution in [0.3, 0.4) is 0 Å². The Hall–Kier alpha value is -1.59. The molecule has 1 aliphatic carbocycles. The normalized spacial score (nSPS) is 22.4. The summed E-state index contributed by atoms with van der Waals surface area (Å²) in [6, 6.07) is -0.836. The van der Waals surface area contributed by atoms with Crippen molar-refractivity contribution in [3.63, 3.8) is 0 Å². The van der Waals surface area contributed by atoms with Crippen molar-refractivity contribution in [2.75, 3.05) is 6.54 Å². The number of hydrogen-bond acceptors (Lipinski definition) is 3. The summed E-state index contributed by atoms with van der Waals surface area (Å²) in [6.07, 6.45) is 2.12. The molecule has 1 rings (SSSR count). The Morgan fingerprint density at radius 1 is 1.37 bits per heavy atom. The molecule has 0 spiro atoms. The van der Waals surface area contributed by atoms with Crippen molar-refractivity contribution in [1.82, 2.24) is 10.6 Å². The van der Waals surface area contributed by atoms with E-state index in [1.54, 1.807) is 0 Å². The molecule has 3 atom stereocenters. The van der Waals surface area contributed by atoms with Crippen LogP contribution >= 0.6 is 0 Å². The van der Waals surface area contributed by atoms with Crippen molar-refractivity contribution in [2.24, 2.45) is 11.8 Å². The van der Waals surface area contributed by atoms with E-state index in [1.807, 2.05) is 13.8 Å². The molecular formula is C13H22N2O4. The summed E-state index contributed by atoms with van der Waals surface area (Å²) in [7, 11) is 0. The van der Waals surface area contributed by atoms with Gasteiger partial charge in [0, 0.05) is 18.9 Å². The van der Waals surface area contributed by atoms with Crippen molar-refractivity contribution in [2.45, 2.75) is 45.6 Å². The van der Waals surface area contributed by atoms with Gasteiger partial charge in [-0.05, 0) is 18.8 Å². The van der Waals surface area contributed by atoms with Crippen molar-refractivity contribution >= 4 is 17.8 Å². The van der Waals surface area contributed by atoms with E-state index in [4.69, 9.17) is 5.11 Å². The van der Waals surface area contributed by atoms with Crippen LogP contribution in [-0.2, 0) is 14.4 Å². The fourth-order valence-electron chi connectivity index (χ4n) is 1.93. The molecule has 0 aliphatic heterocycles. The molecule has 0 aromatic heterocycles. The van der Waals surface area contributed by atoms with Crippen LogP contribution < -0.4 is 10.6 Å². The molecule has 0 aromatic rings. The lowest BCUT2D eigenvalue weighted by Crippen LogP contribution is -2.42. The minimum absolute atomic E-state index is 0.0105. The summed E-state index contributed by atoms with van der Waals surface area (Å²) in [6.45, 7) is 4.13. The zero-order valence-electron chi connectivity index (χ0n) is 11.4. The number of rotatable bonds is 8. The Balaban J connectivity index is 2.19. The number of carbonyl (C=O) groups excluding carboxylic acids is 2. The second-order valence-corrected chi connectivity index (χ2v) is 5.11. The average molecular weight is 270 g/mol. The first-order valence-electron chi connectivity index (χ1n) is 6.75. The third-order valence-corrected chi connectivity index (χ3v) is 3.31. The van der Waals surface area contributed by atoms with Crippen molar-refractivity contribution < 1.29 is 19.5 Å². The van der Waals surface area contributed by atoms with E-state index in [0.717, 1.165) is 6.42 Å². The van der Waals surface area contributed by atoms with Gasteiger partial charge in [0.25, 0.3) is 0 Å². The highest BCUT2D eigenvalue weighted by atomic mass is 16.4. The molecule has 1 fully saturated rings. The zero-order valence-corrected chi connectivity index (χ0v) is 11.4. The van der Waals surface area contributed by atoms with E-state index in [1.165, 1.54) is 0 Å². The molecular weight excluding hydrogens is 248 g/mol. The standard InChI is InChI=1S/C13H22N2O4/c1-3-4-10(13(18)19)15-11(16)5-6-14-12(17)9-7-8(9)2/h8-10H,3-7H2,1-2H3,(H,14,17)(H,15,16)(H,18,19). The molecule has 0 saturated heterocycles. The van der Waals surface area contributed by atoms with Gasteiger partial charge in [0.05, 0.1) is 0 Å². The van der Waals surface area contributed by atoms with Gasteiger partial charge < -0.3 is 15.7 Å². The van der Waals surface area contributed by atoms with E-state index in [0.29, 0.717) is 18.8 Å². The highest BCUT2D eigenvalue weighted by Gasteiger charge is 2.38. The highest BCUT2D eigenvalue weighted by Crippen LogP contribution is 2.37. The number of amides is 2. The number of nitrogens with one attached hydrogen (secondary N) is 2. The van der Waals surface area contributed by atoms with Gasteiger partial charge in [0.2, 0.25) is 11.8 Å². The predicted molar refractivity (Wildman–Crippen MR) is 69.4 cm³/mol. The maximum Gasteiger partial charge on any atom is 0.326 e. The van der Waals surface area contributed by atoms with Gasteiger partial charge in [-0.25, -0.2) is 4.79 Å². The van der Waals surface area contributed by atoms with Crippen molar-refractivity contribution in [1.29, 1.82) is 0 Å². The lowest BCUT2D eigenvalue weighted by Gasteiger charge is -2.13. The van der Waals surface area contributed by atoms with Crippen LogP contribution in [0.25, 0.3) is 0 Å². The molecule has 0 heterocycles. The second kappa shape index (κ2) is 7.11. The SMILES string of the molecule is CCCC(NC(=O)CCNC(=O)C1CC1C)C(=O)O. The molecule has 6 nitrogen and oxygen atoms in total. The van der Waals surface area contributed by atoms with E-state index in [2.05, 4.69) is 10.6 Å². The van der Waals surface area contributed by atoms with Crippen LogP contribution in [-0.4, -0.2) is 35.5 Å². The largest absolute Gasteiger partial charge is 0.480 e. The second-order valence-electron chi connectivity index (χ2n) is 5.11. The summed E-state index contributed by atoms with van der Waals surface area (Å²) in [5.41, 5.74) is 0. The van der Waals surface area contributed by atoms with Gasteiger partial charge in [-0.15, -0.1) is 0 Å². The predicted octanol–water partition coefficient (Wildman–Crippen LogP) is 0.518. The summed E-state index contributed by atoms with van der Waals surface area (Å²) >= 11 is 0. The molecule has 1 saturated carbocycles. The summed E-state index contributed by atoms with van der Waals surface area (Å²) < 4.78 is 0. The lowest BCUT2D eigenvalue weighted by atomic mass is 10.1. The van der Waals surface area contributed by atoms with Gasteiger partial charge in [-0.3, -0.25) is 9.59 Å². The Morgan fingerprint density at radius 3 is 2.47 bits per heavy atom. The van der Waals surface area contributed by atoms with E-state index < -0.39 is 12.0 Å². The van der Waals surface area contributed by atoms with Crippen LogP contribution in [0.15, 0.2) is 0 Å². The zero-order chi connectivity index (χ0) is 14.4. The smallest absolute Gasteiger partial charge is 0.326 e. The van der Waals surface area contributed by atoms with Crippen LogP contribution in [0.1, 0.15) is 39.5 Å². The van der Waals surface area contributed by atoms with E-state index in [-0.39, 0.29) is 30.7 Å². The summed E-state index contributed by atoms with van der Waals surface area (Å²) in [5.74, 6) is -0.843. The first kappa shape index (κ1) is 15.5. The minimum Gasteiger partial charge on any atom is -0.480 e. The summed E-state index contributed by atoms with van der Waals surface area (Å²) in [4.78, 5) is 33.9. The van der Waals surface area contributed by atoms with Gasteiger partial charge in [-0.1, -0.05) is 20.3 Å². The first-order chi connectivity index (χ1) is 8.95. The molecule has 1 aliphatic rings. The average Bonchev–Trinajstić information content (AvgIpc) is 3.05. The Morgan fingerprint density at radius 2 is 2.00 bits per heavy atom. The molecule has 108 valence electrons. The maximum atomic E-state index is 11.5. The van der Waals surface area contributed by atoms with Gasteiger partial charge in [0.15, 0.2) is 0 Å². The monoisotopic (exact) mass is 270 g/mol. The number of carbonyl (C=O) groups is 3. The third-order valence-electron chi connectivity index (χ3n) is 3.31. The number of hydrogen-bond donors (Lipinski definition) is 3. The minimum atomic E-state index is -1.02. The van der Waals surface area contributed by atoms with Crippen LogP contribution in [0.4, 0.5) is 0 Å². The molecule has 0 bridgehead atoms. The molecule has 2 amide bonds. The summed E-state index contributed by atoms with van der Waals surface area (Å²) in [5, 5.41) is 14.0. The highest BCUT2D eigenvalue weighted by molar-refractivity contribution is 5.85.